The summed E-state index contributed by atoms with van der Waals surface area (Å²) in [4.78, 5) is 16.6. The zero-order valence-corrected chi connectivity index (χ0v) is 11.1. The molecule has 2 aliphatic rings. The van der Waals surface area contributed by atoms with Crippen molar-refractivity contribution in [2.24, 2.45) is 0 Å². The van der Waals surface area contributed by atoms with E-state index in [0.29, 0.717) is 19.0 Å². The van der Waals surface area contributed by atoms with Gasteiger partial charge in [0.25, 0.3) is 5.91 Å². The van der Waals surface area contributed by atoms with Crippen LogP contribution in [0.25, 0.3) is 0 Å². The second-order valence-corrected chi connectivity index (χ2v) is 6.19. The predicted octanol–water partition coefficient (Wildman–Crippen LogP) is 2.76. The van der Waals surface area contributed by atoms with Gasteiger partial charge in [0.1, 0.15) is 0 Å². The molecule has 0 bridgehead atoms. The molecule has 94 valence electrons. The van der Waals surface area contributed by atoms with E-state index in [2.05, 4.69) is 12.1 Å². The van der Waals surface area contributed by atoms with Gasteiger partial charge in [-0.25, -0.2) is 0 Å². The molecule has 0 N–H and O–H groups in total. The maximum absolute atomic E-state index is 12.5. The van der Waals surface area contributed by atoms with Crippen molar-refractivity contribution in [3.63, 3.8) is 0 Å². The Bertz CT molecular complexity index is 489. The van der Waals surface area contributed by atoms with Crippen LogP contribution in [0.2, 0.25) is 0 Å². The van der Waals surface area contributed by atoms with E-state index < -0.39 is 0 Å². The van der Waals surface area contributed by atoms with E-state index in [1.54, 1.807) is 11.3 Å². The molecule has 4 heteroatoms. The summed E-state index contributed by atoms with van der Waals surface area (Å²) in [6.45, 7) is 0.586. The summed E-state index contributed by atoms with van der Waals surface area (Å²) in [5.41, 5.74) is 1.37. The molecule has 0 aliphatic heterocycles. The minimum absolute atomic E-state index is 0.146. The Morgan fingerprint density at radius 2 is 2.33 bits per heavy atom. The first kappa shape index (κ1) is 11.7. The van der Waals surface area contributed by atoms with Crippen molar-refractivity contribution < 1.29 is 4.79 Å². The second-order valence-electron chi connectivity index (χ2n) is 5.05. The first-order chi connectivity index (χ1) is 8.79. The van der Waals surface area contributed by atoms with Gasteiger partial charge in [-0.2, -0.15) is 5.26 Å². The second kappa shape index (κ2) is 4.74. The van der Waals surface area contributed by atoms with Gasteiger partial charge in [-0.3, -0.25) is 4.79 Å². The topological polar surface area (TPSA) is 44.1 Å². The molecular weight excluding hydrogens is 244 g/mol. The molecule has 18 heavy (non-hydrogen) atoms. The Morgan fingerprint density at radius 1 is 1.50 bits per heavy atom. The quantitative estimate of drug-likeness (QED) is 0.835. The van der Waals surface area contributed by atoms with Gasteiger partial charge in [0, 0.05) is 17.5 Å². The molecule has 3 rings (SSSR count). The van der Waals surface area contributed by atoms with Crippen LogP contribution in [0.3, 0.4) is 0 Å². The van der Waals surface area contributed by atoms with Crippen LogP contribution in [0.4, 0.5) is 0 Å². The number of thiophene rings is 1. The summed E-state index contributed by atoms with van der Waals surface area (Å²) < 4.78 is 0. The van der Waals surface area contributed by atoms with Crippen molar-refractivity contribution in [3.05, 3.63) is 21.4 Å². The number of carbonyl (C=O) groups is 1. The van der Waals surface area contributed by atoms with Crippen LogP contribution in [0, 0.1) is 11.3 Å². The van der Waals surface area contributed by atoms with Crippen LogP contribution in [0.15, 0.2) is 6.07 Å². The Morgan fingerprint density at radius 3 is 3.00 bits per heavy atom. The number of rotatable bonds is 4. The Labute approximate surface area is 111 Å². The van der Waals surface area contributed by atoms with Crippen LogP contribution >= 0.6 is 11.3 Å². The van der Waals surface area contributed by atoms with Gasteiger partial charge >= 0.3 is 0 Å². The first-order valence-electron chi connectivity index (χ1n) is 6.59. The third kappa shape index (κ3) is 2.15. The average Bonchev–Trinajstić information content (AvgIpc) is 2.96. The average molecular weight is 260 g/mol. The van der Waals surface area contributed by atoms with Crippen LogP contribution in [-0.4, -0.2) is 23.4 Å². The van der Waals surface area contributed by atoms with E-state index in [1.165, 1.54) is 16.9 Å². The number of nitriles is 1. The molecule has 0 atom stereocenters. The fraction of sp³-hybridized carbons (Fsp3) is 0.571. The van der Waals surface area contributed by atoms with Gasteiger partial charge in [0.2, 0.25) is 0 Å². The SMILES string of the molecule is N#CCCN(C(=O)c1cc2c(s1)CCC2)C1CC1. The summed E-state index contributed by atoms with van der Waals surface area (Å²) in [6.07, 6.45) is 6.13. The summed E-state index contributed by atoms with van der Waals surface area (Å²) in [5, 5.41) is 8.68. The first-order valence-corrected chi connectivity index (χ1v) is 7.41. The zero-order chi connectivity index (χ0) is 12.5. The van der Waals surface area contributed by atoms with Crippen molar-refractivity contribution in [1.29, 1.82) is 5.26 Å². The van der Waals surface area contributed by atoms with E-state index in [1.807, 2.05) is 4.90 Å². The fourth-order valence-electron chi connectivity index (χ4n) is 2.58. The summed E-state index contributed by atoms with van der Waals surface area (Å²) >= 11 is 1.66. The fourth-order valence-corrected chi connectivity index (χ4v) is 3.79. The van der Waals surface area contributed by atoms with Gasteiger partial charge in [0.05, 0.1) is 17.4 Å². The van der Waals surface area contributed by atoms with Crippen molar-refractivity contribution in [3.8, 4) is 6.07 Å². The number of carbonyl (C=O) groups excluding carboxylic acids is 1. The van der Waals surface area contributed by atoms with Crippen molar-refractivity contribution in [1.82, 2.24) is 4.90 Å². The molecule has 1 amide bonds. The van der Waals surface area contributed by atoms with E-state index in [0.717, 1.165) is 30.6 Å². The zero-order valence-electron chi connectivity index (χ0n) is 10.3. The van der Waals surface area contributed by atoms with Crippen molar-refractivity contribution in [2.45, 2.75) is 44.6 Å². The number of amides is 1. The molecule has 0 saturated heterocycles. The molecule has 1 heterocycles. The summed E-state index contributed by atoms with van der Waals surface area (Å²) in [7, 11) is 0. The van der Waals surface area contributed by atoms with E-state index in [4.69, 9.17) is 5.26 Å². The summed E-state index contributed by atoms with van der Waals surface area (Å²) in [5.74, 6) is 0.146. The van der Waals surface area contributed by atoms with Gasteiger partial charge in [0.15, 0.2) is 0 Å². The highest BCUT2D eigenvalue weighted by atomic mass is 32.1. The molecule has 3 nitrogen and oxygen atoms in total. The lowest BCUT2D eigenvalue weighted by Gasteiger charge is -2.20. The molecule has 2 aliphatic carbocycles. The van der Waals surface area contributed by atoms with Gasteiger partial charge in [-0.1, -0.05) is 0 Å². The number of fused-ring (bicyclic) bond motifs is 1. The van der Waals surface area contributed by atoms with Gasteiger partial charge in [-0.15, -0.1) is 11.3 Å². The maximum atomic E-state index is 12.5. The van der Waals surface area contributed by atoms with Crippen LogP contribution in [0.1, 0.15) is 45.8 Å². The molecule has 0 aromatic carbocycles. The highest BCUT2D eigenvalue weighted by Gasteiger charge is 2.33. The third-order valence-electron chi connectivity index (χ3n) is 3.67. The Hall–Kier alpha value is -1.34. The van der Waals surface area contributed by atoms with Crippen LogP contribution < -0.4 is 0 Å². The van der Waals surface area contributed by atoms with E-state index >= 15 is 0 Å². The van der Waals surface area contributed by atoms with Crippen molar-refractivity contribution in [2.75, 3.05) is 6.54 Å². The van der Waals surface area contributed by atoms with Crippen molar-refractivity contribution >= 4 is 17.2 Å². The molecule has 1 saturated carbocycles. The van der Waals surface area contributed by atoms with Gasteiger partial charge < -0.3 is 4.90 Å². The highest BCUT2D eigenvalue weighted by Crippen LogP contribution is 2.34. The molecular formula is C14H16N2OS. The van der Waals surface area contributed by atoms with Gasteiger partial charge in [-0.05, 0) is 43.7 Å². The Balaban J connectivity index is 1.76. The smallest absolute Gasteiger partial charge is 0.264 e. The lowest BCUT2D eigenvalue weighted by atomic mass is 10.2. The molecule has 0 radical (unpaired) electrons. The van der Waals surface area contributed by atoms with E-state index in [-0.39, 0.29) is 5.91 Å². The Kier molecular flexibility index (Phi) is 3.09. The number of nitrogens with zero attached hydrogens (tertiary/aromatic N) is 2. The molecule has 1 fully saturated rings. The van der Waals surface area contributed by atoms with Crippen LogP contribution in [-0.2, 0) is 12.8 Å². The lowest BCUT2D eigenvalue weighted by molar-refractivity contribution is 0.0751. The summed E-state index contributed by atoms with van der Waals surface area (Å²) in [6, 6.07) is 4.61. The molecule has 1 aromatic rings. The highest BCUT2D eigenvalue weighted by molar-refractivity contribution is 7.14. The predicted molar refractivity (Wildman–Crippen MR) is 70.6 cm³/mol. The number of aryl methyl sites for hydroxylation is 2. The molecule has 1 aromatic heterocycles. The minimum atomic E-state index is 0.146. The molecule has 0 unspecified atom stereocenters. The maximum Gasteiger partial charge on any atom is 0.264 e. The minimum Gasteiger partial charge on any atom is -0.334 e. The third-order valence-corrected chi connectivity index (χ3v) is 4.90. The normalized spacial score (nSPS) is 17.3. The number of hydrogen-bond acceptors (Lipinski definition) is 3. The number of hydrogen-bond donors (Lipinski definition) is 0. The standard InChI is InChI=1S/C14H16N2OS/c15-7-2-8-16(11-5-6-11)14(17)13-9-10-3-1-4-12(10)18-13/h9,11H,1-6,8H2. The molecule has 0 spiro atoms. The lowest BCUT2D eigenvalue weighted by Crippen LogP contribution is -2.33. The monoisotopic (exact) mass is 260 g/mol. The largest absolute Gasteiger partial charge is 0.334 e. The van der Waals surface area contributed by atoms with Crippen LogP contribution in [0.5, 0.6) is 0 Å². The van der Waals surface area contributed by atoms with E-state index in [9.17, 15) is 4.79 Å².